The fraction of sp³-hybridized carbons (Fsp3) is 0. The molecule has 1 rings (SSSR count). The Bertz CT molecular complexity index is 563. The average Bonchev–Trinajstić information content (AvgIpc) is 2.43. The monoisotopic (exact) mass is 350 g/mol. The van der Waals surface area contributed by atoms with E-state index in [2.05, 4.69) is 23.3 Å². The van der Waals surface area contributed by atoms with E-state index in [-0.39, 0.29) is 11.1 Å². The van der Waals surface area contributed by atoms with Gasteiger partial charge in [0.25, 0.3) is 0 Å². The van der Waals surface area contributed by atoms with Gasteiger partial charge >= 0.3 is 11.9 Å². The van der Waals surface area contributed by atoms with Gasteiger partial charge < -0.3 is 10.2 Å². The van der Waals surface area contributed by atoms with Crippen LogP contribution >= 0.6 is 44.9 Å². The molecule has 0 aliphatic carbocycles. The largest absolute Gasteiger partial charge is 0.478 e. The van der Waals surface area contributed by atoms with Crippen molar-refractivity contribution in [3.8, 4) is 0 Å². The zero-order valence-electron chi connectivity index (χ0n) is 9.39. The van der Waals surface area contributed by atoms with Crippen LogP contribution in [0.25, 0.3) is 0 Å². The number of carboxylic acids is 2. The van der Waals surface area contributed by atoms with Gasteiger partial charge in [-0.3, -0.25) is 9.59 Å². The van der Waals surface area contributed by atoms with Gasteiger partial charge in [-0.2, -0.15) is 0 Å². The number of benzene rings is 1. The van der Waals surface area contributed by atoms with Crippen molar-refractivity contribution in [1.29, 1.82) is 0 Å². The minimum atomic E-state index is -1.48. The van der Waals surface area contributed by atoms with Gasteiger partial charge in [-0.1, -0.05) is 0 Å². The van der Waals surface area contributed by atoms with E-state index in [1.807, 2.05) is 0 Å². The predicted octanol–water partition coefficient (Wildman–Crippen LogP) is 2.52. The summed E-state index contributed by atoms with van der Waals surface area (Å²) < 4.78 is 0. The number of rotatable bonds is 4. The van der Waals surface area contributed by atoms with Gasteiger partial charge in [0.1, 0.15) is 0 Å². The third kappa shape index (κ3) is 3.51. The molecule has 0 unspecified atom stereocenters. The van der Waals surface area contributed by atoms with E-state index in [1.165, 1.54) is 0 Å². The number of hydrogen-bond donors (Lipinski definition) is 4. The van der Waals surface area contributed by atoms with Crippen molar-refractivity contribution in [2.45, 2.75) is 0 Å². The first-order valence-electron chi connectivity index (χ1n) is 4.69. The highest BCUT2D eigenvalue weighted by Crippen LogP contribution is 2.27. The Kier molecular flexibility index (Phi) is 5.99. The standard InChI is InChI=1S/C10H6O6S4/c11-7(12)3-1-4(8(13)14)6(10(16)20-18)2-5(3)9(15)19-17/h1-2,17-18H,(H,11,12)(H,13,14). The minimum Gasteiger partial charge on any atom is -0.478 e. The molecule has 0 fully saturated rings. The molecule has 0 saturated heterocycles. The molecule has 0 spiro atoms. The van der Waals surface area contributed by atoms with Crippen LogP contribution in [-0.4, -0.2) is 32.4 Å². The number of aromatic carboxylic acids is 2. The van der Waals surface area contributed by atoms with E-state index in [9.17, 15) is 19.2 Å². The molecule has 10 heteroatoms. The maximum atomic E-state index is 11.6. The van der Waals surface area contributed by atoms with E-state index < -0.39 is 33.3 Å². The Morgan fingerprint density at radius 1 is 0.750 bits per heavy atom. The number of hydrogen-bond acceptors (Lipinski definition) is 8. The van der Waals surface area contributed by atoms with Crippen LogP contribution in [0.15, 0.2) is 12.1 Å². The molecule has 0 aromatic heterocycles. The van der Waals surface area contributed by atoms with Gasteiger partial charge in [0.15, 0.2) is 0 Å². The molecule has 0 radical (unpaired) electrons. The summed E-state index contributed by atoms with van der Waals surface area (Å²) in [5, 5.41) is 16.6. The molecule has 1 aromatic rings. The zero-order chi connectivity index (χ0) is 15.4. The minimum absolute atomic E-state index is 0.298. The molecule has 1 aromatic carbocycles. The number of carboxylic acid groups (broad SMARTS) is 2. The lowest BCUT2D eigenvalue weighted by Crippen LogP contribution is -2.13. The normalized spacial score (nSPS) is 10.1. The molecule has 0 amide bonds. The number of thiol groups is 2. The Balaban J connectivity index is 3.68. The second-order valence-corrected chi connectivity index (χ2v) is 5.51. The zero-order valence-corrected chi connectivity index (χ0v) is 12.8. The fourth-order valence-corrected chi connectivity index (χ4v) is 2.51. The molecule has 0 aliphatic heterocycles. The van der Waals surface area contributed by atoms with Crippen molar-refractivity contribution in [3.05, 3.63) is 34.4 Å². The van der Waals surface area contributed by atoms with E-state index in [1.54, 1.807) is 0 Å². The highest BCUT2D eigenvalue weighted by Gasteiger charge is 2.25. The van der Waals surface area contributed by atoms with Crippen LogP contribution in [0.5, 0.6) is 0 Å². The summed E-state index contributed by atoms with van der Waals surface area (Å²) in [5.74, 6) is -2.95. The van der Waals surface area contributed by atoms with Crippen LogP contribution in [0, 0.1) is 0 Å². The lowest BCUT2D eigenvalue weighted by molar-refractivity contribution is 0.0692. The lowest BCUT2D eigenvalue weighted by Gasteiger charge is -2.09. The summed E-state index contributed by atoms with van der Waals surface area (Å²) in [7, 11) is 0.919. The lowest BCUT2D eigenvalue weighted by atomic mass is 9.99. The summed E-state index contributed by atoms with van der Waals surface area (Å²) in [6.45, 7) is 0. The molecule has 0 aliphatic rings. The van der Waals surface area contributed by atoms with E-state index >= 15 is 0 Å². The van der Waals surface area contributed by atoms with Gasteiger partial charge in [-0.05, 0) is 33.7 Å². The van der Waals surface area contributed by atoms with Crippen LogP contribution in [0.3, 0.4) is 0 Å². The average molecular weight is 350 g/mol. The van der Waals surface area contributed by atoms with Crippen LogP contribution in [0.4, 0.5) is 0 Å². The van der Waals surface area contributed by atoms with Crippen molar-refractivity contribution >= 4 is 67.1 Å². The van der Waals surface area contributed by atoms with Gasteiger partial charge in [0.2, 0.25) is 10.2 Å². The first kappa shape index (κ1) is 17.0. The molecule has 20 heavy (non-hydrogen) atoms. The Morgan fingerprint density at radius 3 is 1.30 bits per heavy atom. The summed E-state index contributed by atoms with van der Waals surface area (Å²) in [6.07, 6.45) is 0. The van der Waals surface area contributed by atoms with Crippen molar-refractivity contribution in [2.75, 3.05) is 0 Å². The van der Waals surface area contributed by atoms with Gasteiger partial charge in [-0.25, -0.2) is 9.59 Å². The van der Waals surface area contributed by atoms with E-state index in [4.69, 9.17) is 10.2 Å². The molecular formula is C10H6O6S4. The molecule has 0 saturated carbocycles. The summed E-state index contributed by atoms with van der Waals surface area (Å²) in [4.78, 5) is 45.4. The quantitative estimate of drug-likeness (QED) is 0.484. The first-order valence-corrected chi connectivity index (χ1v) is 8.43. The first-order chi connectivity index (χ1) is 9.33. The van der Waals surface area contributed by atoms with Crippen LogP contribution in [0.1, 0.15) is 41.4 Å². The maximum Gasteiger partial charge on any atom is 0.336 e. The predicted molar refractivity (Wildman–Crippen MR) is 82.2 cm³/mol. The molecule has 0 bridgehead atoms. The second kappa shape index (κ2) is 7.07. The Hall–Kier alpha value is -1.10. The topological polar surface area (TPSA) is 109 Å². The molecule has 2 N–H and O–H groups in total. The fourth-order valence-electron chi connectivity index (χ4n) is 1.39. The van der Waals surface area contributed by atoms with Crippen molar-refractivity contribution < 1.29 is 29.4 Å². The van der Waals surface area contributed by atoms with Gasteiger partial charge in [-0.15, -0.1) is 23.3 Å². The summed E-state index contributed by atoms with van der Waals surface area (Å²) in [5.41, 5.74) is -1.61. The van der Waals surface area contributed by atoms with E-state index in [0.717, 1.165) is 12.1 Å². The molecular weight excluding hydrogens is 344 g/mol. The highest BCUT2D eigenvalue weighted by atomic mass is 33.1. The molecule has 0 heterocycles. The third-order valence-electron chi connectivity index (χ3n) is 2.22. The van der Waals surface area contributed by atoms with Crippen molar-refractivity contribution in [1.82, 2.24) is 0 Å². The van der Waals surface area contributed by atoms with Crippen LogP contribution in [0.2, 0.25) is 0 Å². The molecule has 0 atom stereocenters. The SMILES string of the molecule is O=C(O)c1cc(C(=O)O)c(C(=O)SS)cc1C(=O)SS. The van der Waals surface area contributed by atoms with Crippen molar-refractivity contribution in [2.24, 2.45) is 0 Å². The smallest absolute Gasteiger partial charge is 0.336 e. The Morgan fingerprint density at radius 2 is 1.05 bits per heavy atom. The van der Waals surface area contributed by atoms with Crippen LogP contribution < -0.4 is 0 Å². The second-order valence-electron chi connectivity index (χ2n) is 3.31. The van der Waals surface area contributed by atoms with Crippen molar-refractivity contribution in [3.63, 3.8) is 0 Å². The molecule has 106 valence electrons. The maximum absolute atomic E-state index is 11.6. The highest BCUT2D eigenvalue weighted by molar-refractivity contribution is 8.75. The summed E-state index contributed by atoms with van der Waals surface area (Å²) in [6, 6.07) is 1.71. The van der Waals surface area contributed by atoms with Crippen LogP contribution in [-0.2, 0) is 0 Å². The van der Waals surface area contributed by atoms with Gasteiger partial charge in [0.05, 0.1) is 11.1 Å². The third-order valence-corrected chi connectivity index (χ3v) is 3.99. The van der Waals surface area contributed by atoms with E-state index in [0.29, 0.717) is 21.6 Å². The number of carbonyl (C=O) groups is 4. The van der Waals surface area contributed by atoms with Gasteiger partial charge in [0, 0.05) is 11.1 Å². The molecule has 6 nitrogen and oxygen atoms in total. The summed E-state index contributed by atoms with van der Waals surface area (Å²) >= 11 is 7.34. The number of carbonyl (C=O) groups excluding carboxylic acids is 2. The Labute approximate surface area is 130 Å².